The summed E-state index contributed by atoms with van der Waals surface area (Å²) in [6.45, 7) is 0.00376. The molecule has 32 heavy (non-hydrogen) atoms. The van der Waals surface area contributed by atoms with E-state index in [2.05, 4.69) is 10.6 Å². The Hall–Kier alpha value is -4.27. The van der Waals surface area contributed by atoms with E-state index in [-0.39, 0.29) is 29.7 Å². The number of carbonyl (C=O) groups excluding carboxylic acids is 3. The van der Waals surface area contributed by atoms with Gasteiger partial charge in [0.05, 0.1) is 24.1 Å². The smallest absolute Gasteiger partial charge is 0.340 e. The van der Waals surface area contributed by atoms with Crippen LogP contribution in [0.1, 0.15) is 20.9 Å². The molecule has 3 aromatic rings. The number of amides is 2. The second-order valence-corrected chi connectivity index (χ2v) is 6.85. The van der Waals surface area contributed by atoms with Crippen molar-refractivity contribution in [3.8, 4) is 11.5 Å². The van der Waals surface area contributed by atoms with Crippen molar-refractivity contribution in [3.05, 3.63) is 78.3 Å². The van der Waals surface area contributed by atoms with E-state index in [0.717, 1.165) is 0 Å². The summed E-state index contributed by atoms with van der Waals surface area (Å²) in [4.78, 5) is 36.8. The number of para-hydroxylation sites is 3. The first-order chi connectivity index (χ1) is 15.6. The Morgan fingerprint density at radius 1 is 0.969 bits per heavy atom. The van der Waals surface area contributed by atoms with Crippen molar-refractivity contribution < 1.29 is 33.0 Å². The molecular weight excluding hydrogens is 416 g/mol. The van der Waals surface area contributed by atoms with Crippen molar-refractivity contribution in [2.75, 3.05) is 25.1 Å². The molecule has 0 bridgehead atoms. The highest BCUT2D eigenvalue weighted by Crippen LogP contribution is 2.30. The summed E-state index contributed by atoms with van der Waals surface area (Å²) in [5.74, 6) is -0.382. The fourth-order valence-electron chi connectivity index (χ4n) is 3.01. The molecule has 1 aromatic heterocycles. The van der Waals surface area contributed by atoms with Crippen LogP contribution in [0.25, 0.3) is 0 Å². The van der Waals surface area contributed by atoms with Gasteiger partial charge >= 0.3 is 5.97 Å². The van der Waals surface area contributed by atoms with E-state index in [1.165, 1.54) is 18.4 Å². The van der Waals surface area contributed by atoms with E-state index < -0.39 is 24.4 Å². The van der Waals surface area contributed by atoms with Gasteiger partial charge in [-0.2, -0.15) is 0 Å². The Balaban J connectivity index is 1.27. The third-order valence-electron chi connectivity index (χ3n) is 4.57. The predicted octanol–water partition coefficient (Wildman–Crippen LogP) is 2.64. The minimum Gasteiger partial charge on any atom is -0.486 e. The molecule has 0 aliphatic carbocycles. The summed E-state index contributed by atoms with van der Waals surface area (Å²) < 4.78 is 21.5. The first kappa shape index (κ1) is 21.0. The van der Waals surface area contributed by atoms with Crippen LogP contribution >= 0.6 is 0 Å². The minimum atomic E-state index is -0.748. The SMILES string of the molecule is O=C(COC(=O)c1ccccc1NC(=O)c1ccco1)NCC1COc2ccccc2O1. The molecule has 0 spiro atoms. The number of hydrogen-bond donors (Lipinski definition) is 2. The first-order valence-corrected chi connectivity index (χ1v) is 9.86. The van der Waals surface area contributed by atoms with Crippen LogP contribution in [0.5, 0.6) is 11.5 Å². The summed E-state index contributed by atoms with van der Waals surface area (Å²) in [6, 6.07) is 16.7. The highest BCUT2D eigenvalue weighted by atomic mass is 16.6. The molecule has 1 atom stereocenters. The molecule has 2 aromatic carbocycles. The number of furan rings is 1. The second-order valence-electron chi connectivity index (χ2n) is 6.85. The molecule has 1 unspecified atom stereocenters. The monoisotopic (exact) mass is 436 g/mol. The van der Waals surface area contributed by atoms with Crippen molar-refractivity contribution in [1.82, 2.24) is 5.32 Å². The molecule has 0 radical (unpaired) electrons. The third-order valence-corrected chi connectivity index (χ3v) is 4.57. The topological polar surface area (TPSA) is 116 Å². The normalized spacial score (nSPS) is 14.3. The number of anilines is 1. The van der Waals surface area contributed by atoms with Crippen LogP contribution in [0.2, 0.25) is 0 Å². The van der Waals surface area contributed by atoms with E-state index in [4.69, 9.17) is 18.6 Å². The standard InChI is InChI=1S/C23H20N2O7/c26-21(24-12-15-13-30-18-8-3-4-9-19(18)32-15)14-31-23(28)16-6-1-2-7-17(16)25-22(27)20-10-5-11-29-20/h1-11,15H,12-14H2,(H,24,26)(H,25,27). The van der Waals surface area contributed by atoms with Crippen molar-refractivity contribution >= 4 is 23.5 Å². The lowest BCUT2D eigenvalue weighted by atomic mass is 10.1. The van der Waals surface area contributed by atoms with Gasteiger partial charge in [-0.15, -0.1) is 0 Å². The van der Waals surface area contributed by atoms with E-state index in [1.807, 2.05) is 12.1 Å². The van der Waals surface area contributed by atoms with Crippen LogP contribution in [-0.4, -0.2) is 43.6 Å². The van der Waals surface area contributed by atoms with Crippen molar-refractivity contribution in [1.29, 1.82) is 0 Å². The van der Waals surface area contributed by atoms with Gasteiger partial charge in [-0.25, -0.2) is 4.79 Å². The van der Waals surface area contributed by atoms with Crippen molar-refractivity contribution in [3.63, 3.8) is 0 Å². The average molecular weight is 436 g/mol. The third kappa shape index (κ3) is 5.07. The number of fused-ring (bicyclic) bond motifs is 1. The Morgan fingerprint density at radius 3 is 2.56 bits per heavy atom. The van der Waals surface area contributed by atoms with Gasteiger partial charge in [-0.1, -0.05) is 24.3 Å². The van der Waals surface area contributed by atoms with Crippen LogP contribution < -0.4 is 20.1 Å². The lowest BCUT2D eigenvalue weighted by molar-refractivity contribution is -0.124. The van der Waals surface area contributed by atoms with E-state index in [1.54, 1.807) is 36.4 Å². The fourth-order valence-corrected chi connectivity index (χ4v) is 3.01. The van der Waals surface area contributed by atoms with Crippen LogP contribution in [0, 0.1) is 0 Å². The summed E-state index contributed by atoms with van der Waals surface area (Å²) >= 11 is 0. The Labute approximate surface area is 183 Å². The molecule has 2 heterocycles. The molecule has 164 valence electrons. The van der Waals surface area contributed by atoms with Gasteiger partial charge in [0, 0.05) is 0 Å². The summed E-state index contributed by atoms with van der Waals surface area (Å²) in [5, 5.41) is 5.25. The number of esters is 1. The Morgan fingerprint density at radius 2 is 1.75 bits per heavy atom. The van der Waals surface area contributed by atoms with Gasteiger partial charge in [0.15, 0.2) is 23.9 Å². The van der Waals surface area contributed by atoms with Crippen LogP contribution in [0.4, 0.5) is 5.69 Å². The quantitative estimate of drug-likeness (QED) is 0.547. The number of ether oxygens (including phenoxy) is 3. The highest BCUT2D eigenvalue weighted by molar-refractivity contribution is 6.06. The van der Waals surface area contributed by atoms with Gasteiger partial charge in [0.1, 0.15) is 12.7 Å². The number of nitrogens with one attached hydrogen (secondary N) is 2. The Bertz CT molecular complexity index is 1110. The predicted molar refractivity (Wildman–Crippen MR) is 113 cm³/mol. The maximum atomic E-state index is 12.5. The molecule has 2 amide bonds. The van der Waals surface area contributed by atoms with Crippen LogP contribution in [-0.2, 0) is 9.53 Å². The van der Waals surface area contributed by atoms with Crippen LogP contribution in [0.15, 0.2) is 71.3 Å². The number of rotatable bonds is 7. The largest absolute Gasteiger partial charge is 0.486 e. The minimum absolute atomic E-state index is 0.101. The van der Waals surface area contributed by atoms with Gasteiger partial charge in [0.2, 0.25) is 0 Å². The van der Waals surface area contributed by atoms with E-state index in [9.17, 15) is 14.4 Å². The van der Waals surface area contributed by atoms with Crippen molar-refractivity contribution in [2.45, 2.75) is 6.10 Å². The molecular formula is C23H20N2O7. The highest BCUT2D eigenvalue weighted by Gasteiger charge is 2.22. The summed E-state index contributed by atoms with van der Waals surface area (Å²) in [5.41, 5.74) is 0.353. The molecule has 0 fully saturated rings. The first-order valence-electron chi connectivity index (χ1n) is 9.86. The van der Waals surface area contributed by atoms with E-state index >= 15 is 0 Å². The maximum Gasteiger partial charge on any atom is 0.340 e. The molecule has 0 saturated heterocycles. The lowest BCUT2D eigenvalue weighted by Crippen LogP contribution is -2.42. The maximum absolute atomic E-state index is 12.5. The lowest BCUT2D eigenvalue weighted by Gasteiger charge is -2.26. The van der Waals surface area contributed by atoms with Crippen LogP contribution in [0.3, 0.4) is 0 Å². The molecule has 2 N–H and O–H groups in total. The molecule has 0 saturated carbocycles. The van der Waals surface area contributed by atoms with Gasteiger partial charge in [-0.05, 0) is 36.4 Å². The van der Waals surface area contributed by atoms with Crippen molar-refractivity contribution in [2.24, 2.45) is 0 Å². The zero-order valence-corrected chi connectivity index (χ0v) is 16.9. The van der Waals surface area contributed by atoms with Gasteiger partial charge < -0.3 is 29.3 Å². The average Bonchev–Trinajstić information content (AvgIpc) is 3.37. The summed E-state index contributed by atoms with van der Waals surface area (Å²) in [7, 11) is 0. The zero-order chi connectivity index (χ0) is 22.3. The second kappa shape index (κ2) is 9.69. The Kier molecular flexibility index (Phi) is 6.35. The molecule has 4 rings (SSSR count). The molecule has 9 nitrogen and oxygen atoms in total. The molecule has 1 aliphatic rings. The molecule has 9 heteroatoms. The number of benzene rings is 2. The van der Waals surface area contributed by atoms with Gasteiger partial charge in [-0.3, -0.25) is 9.59 Å². The number of hydrogen-bond acceptors (Lipinski definition) is 7. The number of carbonyl (C=O) groups is 3. The summed E-state index contributed by atoms with van der Waals surface area (Å²) in [6.07, 6.45) is 1.01. The van der Waals surface area contributed by atoms with E-state index in [0.29, 0.717) is 18.1 Å². The van der Waals surface area contributed by atoms with Gasteiger partial charge in [0.25, 0.3) is 11.8 Å². The molecule has 1 aliphatic heterocycles. The zero-order valence-electron chi connectivity index (χ0n) is 16.9. The fraction of sp³-hybridized carbons (Fsp3) is 0.174.